The molecule has 3 aromatic rings. The molecule has 2 aromatic carbocycles. The second kappa shape index (κ2) is 8.14. The highest BCUT2D eigenvalue weighted by molar-refractivity contribution is 6.40. The zero-order valence-electron chi connectivity index (χ0n) is 17.5. The number of carbonyl (C=O) groups excluding carboxylic acids is 2. The van der Waals surface area contributed by atoms with Gasteiger partial charge in [-0.15, -0.1) is 0 Å². The number of anilines is 1. The quantitative estimate of drug-likeness (QED) is 0.600. The van der Waals surface area contributed by atoms with Crippen molar-refractivity contribution in [2.75, 3.05) is 18.0 Å². The summed E-state index contributed by atoms with van der Waals surface area (Å²) in [6.45, 7) is 7.23. The van der Waals surface area contributed by atoms with Crippen LogP contribution in [0.4, 0.5) is 5.69 Å². The number of aryl methyl sites for hydroxylation is 1. The SMILES string of the molecule is Cc1oc(-c2ccccc2)nc1CN1CCN(c2ccc(C(C)C)cc2)C(=O)C1=O. The minimum atomic E-state index is -0.516. The number of amides is 2. The average Bonchev–Trinajstić information content (AvgIpc) is 3.12. The fraction of sp³-hybridized carbons (Fsp3) is 0.292. The summed E-state index contributed by atoms with van der Waals surface area (Å²) in [5, 5.41) is 0. The standard InChI is InChI=1S/C24H25N3O3/c1-16(2)18-9-11-20(12-10-18)27-14-13-26(23(28)24(27)29)15-21-17(3)30-22(25-21)19-7-5-4-6-8-19/h4-12,16H,13-15H2,1-3H3. The van der Waals surface area contributed by atoms with Gasteiger partial charge in [0.15, 0.2) is 0 Å². The van der Waals surface area contributed by atoms with Gasteiger partial charge in [0.05, 0.1) is 6.54 Å². The van der Waals surface area contributed by atoms with E-state index in [0.29, 0.717) is 36.4 Å². The Morgan fingerprint density at radius 3 is 2.33 bits per heavy atom. The summed E-state index contributed by atoms with van der Waals surface area (Å²) < 4.78 is 5.78. The van der Waals surface area contributed by atoms with Crippen LogP contribution in [-0.4, -0.2) is 34.8 Å². The van der Waals surface area contributed by atoms with Crippen molar-refractivity contribution in [3.8, 4) is 11.5 Å². The van der Waals surface area contributed by atoms with E-state index in [4.69, 9.17) is 4.42 Å². The minimum Gasteiger partial charge on any atom is -0.441 e. The van der Waals surface area contributed by atoms with E-state index in [1.165, 1.54) is 5.56 Å². The van der Waals surface area contributed by atoms with Crippen LogP contribution in [0.5, 0.6) is 0 Å². The predicted octanol–water partition coefficient (Wildman–Crippen LogP) is 4.15. The number of nitrogens with zero attached hydrogens (tertiary/aromatic N) is 3. The van der Waals surface area contributed by atoms with E-state index in [-0.39, 0.29) is 6.54 Å². The van der Waals surface area contributed by atoms with Gasteiger partial charge < -0.3 is 14.2 Å². The Morgan fingerprint density at radius 2 is 1.67 bits per heavy atom. The monoisotopic (exact) mass is 403 g/mol. The molecular weight excluding hydrogens is 378 g/mol. The summed E-state index contributed by atoms with van der Waals surface area (Å²) in [4.78, 5) is 33.1. The lowest BCUT2D eigenvalue weighted by Gasteiger charge is -2.33. The van der Waals surface area contributed by atoms with E-state index in [1.54, 1.807) is 9.80 Å². The largest absolute Gasteiger partial charge is 0.441 e. The lowest BCUT2D eigenvalue weighted by atomic mass is 10.0. The van der Waals surface area contributed by atoms with Crippen molar-refractivity contribution in [1.29, 1.82) is 0 Å². The first-order valence-corrected chi connectivity index (χ1v) is 10.2. The van der Waals surface area contributed by atoms with Gasteiger partial charge in [0.2, 0.25) is 5.89 Å². The van der Waals surface area contributed by atoms with Gasteiger partial charge in [-0.1, -0.05) is 44.2 Å². The van der Waals surface area contributed by atoms with Crippen LogP contribution in [-0.2, 0) is 16.1 Å². The van der Waals surface area contributed by atoms with Gasteiger partial charge in [-0.05, 0) is 42.7 Å². The van der Waals surface area contributed by atoms with Crippen LogP contribution < -0.4 is 4.90 Å². The molecule has 2 amide bonds. The molecule has 0 radical (unpaired) electrons. The Kier molecular flexibility index (Phi) is 5.40. The lowest BCUT2D eigenvalue weighted by Crippen LogP contribution is -2.54. The molecule has 30 heavy (non-hydrogen) atoms. The molecule has 0 spiro atoms. The fourth-order valence-corrected chi connectivity index (χ4v) is 3.57. The first-order valence-electron chi connectivity index (χ1n) is 10.2. The van der Waals surface area contributed by atoms with Gasteiger partial charge in [-0.25, -0.2) is 4.98 Å². The van der Waals surface area contributed by atoms with Crippen LogP contribution in [0.3, 0.4) is 0 Å². The number of hydrogen-bond donors (Lipinski definition) is 0. The smallest absolute Gasteiger partial charge is 0.316 e. The van der Waals surface area contributed by atoms with Crippen LogP contribution >= 0.6 is 0 Å². The summed E-state index contributed by atoms with van der Waals surface area (Å²) in [5.41, 5.74) is 3.50. The predicted molar refractivity (Wildman–Crippen MR) is 115 cm³/mol. The van der Waals surface area contributed by atoms with Gasteiger partial charge >= 0.3 is 11.8 Å². The van der Waals surface area contributed by atoms with Gasteiger partial charge in [0.1, 0.15) is 11.5 Å². The number of hydrogen-bond acceptors (Lipinski definition) is 4. The number of piperazine rings is 1. The Hall–Kier alpha value is -3.41. The highest BCUT2D eigenvalue weighted by Gasteiger charge is 2.34. The van der Waals surface area contributed by atoms with E-state index < -0.39 is 11.8 Å². The molecule has 1 aliphatic heterocycles. The number of rotatable bonds is 5. The molecule has 0 atom stereocenters. The topological polar surface area (TPSA) is 66.7 Å². The Labute approximate surface area is 176 Å². The van der Waals surface area contributed by atoms with Crippen molar-refractivity contribution in [1.82, 2.24) is 9.88 Å². The van der Waals surface area contributed by atoms with E-state index in [2.05, 4.69) is 18.8 Å². The van der Waals surface area contributed by atoms with Crippen molar-refractivity contribution in [2.45, 2.75) is 33.2 Å². The number of benzene rings is 2. The maximum absolute atomic E-state index is 12.8. The first-order chi connectivity index (χ1) is 14.4. The number of oxazole rings is 1. The maximum atomic E-state index is 12.8. The van der Waals surface area contributed by atoms with E-state index in [0.717, 1.165) is 11.3 Å². The van der Waals surface area contributed by atoms with Crippen molar-refractivity contribution >= 4 is 17.5 Å². The average molecular weight is 403 g/mol. The maximum Gasteiger partial charge on any atom is 0.316 e. The molecule has 1 aromatic heterocycles. The Morgan fingerprint density at radius 1 is 0.967 bits per heavy atom. The van der Waals surface area contributed by atoms with Gasteiger partial charge in [0, 0.05) is 24.3 Å². The molecule has 0 saturated carbocycles. The zero-order valence-corrected chi connectivity index (χ0v) is 17.5. The third-order valence-electron chi connectivity index (χ3n) is 5.43. The molecule has 6 heteroatoms. The van der Waals surface area contributed by atoms with Crippen LogP contribution in [0.2, 0.25) is 0 Å². The van der Waals surface area contributed by atoms with Crippen molar-refractivity contribution in [3.63, 3.8) is 0 Å². The Bertz CT molecular complexity index is 1060. The summed E-state index contributed by atoms with van der Waals surface area (Å²) in [6.07, 6.45) is 0. The normalized spacial score (nSPS) is 14.7. The van der Waals surface area contributed by atoms with Gasteiger partial charge in [-0.2, -0.15) is 0 Å². The van der Waals surface area contributed by atoms with E-state index >= 15 is 0 Å². The van der Waals surface area contributed by atoms with Gasteiger partial charge in [-0.3, -0.25) is 9.59 Å². The highest BCUT2D eigenvalue weighted by atomic mass is 16.4. The van der Waals surface area contributed by atoms with Crippen LogP contribution in [0.15, 0.2) is 59.0 Å². The Balaban J connectivity index is 1.47. The summed E-state index contributed by atoms with van der Waals surface area (Å²) in [7, 11) is 0. The molecule has 4 rings (SSSR count). The fourth-order valence-electron chi connectivity index (χ4n) is 3.57. The van der Waals surface area contributed by atoms with Gasteiger partial charge in [0.25, 0.3) is 0 Å². The molecule has 1 saturated heterocycles. The molecule has 0 N–H and O–H groups in total. The van der Waals surface area contributed by atoms with Crippen molar-refractivity contribution < 1.29 is 14.0 Å². The number of aromatic nitrogens is 1. The number of carbonyl (C=O) groups is 2. The second-order valence-corrected chi connectivity index (χ2v) is 7.82. The van der Waals surface area contributed by atoms with Crippen molar-refractivity contribution in [3.05, 3.63) is 71.6 Å². The molecule has 6 nitrogen and oxygen atoms in total. The molecule has 0 bridgehead atoms. The molecule has 0 aliphatic carbocycles. The molecule has 1 aliphatic rings. The molecular formula is C24H25N3O3. The summed E-state index contributed by atoms with van der Waals surface area (Å²) in [6, 6.07) is 17.4. The summed E-state index contributed by atoms with van der Waals surface area (Å²) in [5.74, 6) is 0.562. The third kappa shape index (κ3) is 3.85. The first kappa shape index (κ1) is 19.9. The highest BCUT2D eigenvalue weighted by Crippen LogP contribution is 2.25. The molecule has 0 unspecified atom stereocenters. The second-order valence-electron chi connectivity index (χ2n) is 7.82. The van der Waals surface area contributed by atoms with Crippen LogP contribution in [0.25, 0.3) is 11.5 Å². The molecule has 1 fully saturated rings. The zero-order chi connectivity index (χ0) is 21.3. The van der Waals surface area contributed by atoms with Crippen molar-refractivity contribution in [2.24, 2.45) is 0 Å². The van der Waals surface area contributed by atoms with Crippen LogP contribution in [0, 0.1) is 6.92 Å². The van der Waals surface area contributed by atoms with E-state index in [1.807, 2.05) is 61.5 Å². The molecule has 2 heterocycles. The molecule has 154 valence electrons. The van der Waals surface area contributed by atoms with E-state index in [9.17, 15) is 9.59 Å². The lowest BCUT2D eigenvalue weighted by molar-refractivity contribution is -0.146. The minimum absolute atomic E-state index is 0.257. The third-order valence-corrected chi connectivity index (χ3v) is 5.43. The summed E-state index contributed by atoms with van der Waals surface area (Å²) >= 11 is 0. The van der Waals surface area contributed by atoms with Crippen LogP contribution in [0.1, 0.15) is 36.8 Å².